The van der Waals surface area contributed by atoms with Gasteiger partial charge in [0, 0.05) is 25.0 Å². The maximum absolute atomic E-state index is 13.2. The fourth-order valence-electron chi connectivity index (χ4n) is 5.82. The molecule has 1 heterocycles. The lowest BCUT2D eigenvalue weighted by Crippen LogP contribution is -2.61. The molecule has 31 heavy (non-hydrogen) atoms. The molecule has 2 unspecified atom stereocenters. The number of carbonyl (C=O) groups is 2. The predicted molar refractivity (Wildman–Crippen MR) is 113 cm³/mol. The van der Waals surface area contributed by atoms with Crippen molar-refractivity contribution in [3.05, 3.63) is 35.8 Å². The highest BCUT2D eigenvalue weighted by atomic mass is 16.5. The van der Waals surface area contributed by atoms with Crippen LogP contribution in [0.3, 0.4) is 0 Å². The van der Waals surface area contributed by atoms with Crippen molar-refractivity contribution in [1.82, 2.24) is 20.4 Å². The maximum atomic E-state index is 13.2. The Hall–Kier alpha value is -2.65. The first-order valence-electron chi connectivity index (χ1n) is 10.6. The van der Waals surface area contributed by atoms with Crippen LogP contribution >= 0.6 is 0 Å². The second-order valence-electron chi connectivity index (χ2n) is 9.03. The zero-order valence-corrected chi connectivity index (χ0v) is 18.0. The first-order chi connectivity index (χ1) is 14.8. The van der Waals surface area contributed by atoms with Crippen LogP contribution in [0.4, 0.5) is 4.79 Å². The van der Waals surface area contributed by atoms with E-state index in [2.05, 4.69) is 27.0 Å². The summed E-state index contributed by atoms with van der Waals surface area (Å²) in [6, 6.07) is 0.0858. The molecular formula is C22H30N4O5. The number of ether oxygens (including phenoxy) is 2. The largest absolute Gasteiger partial charge is 0.453 e. The average molecular weight is 431 g/mol. The number of rotatable bonds is 7. The molecule has 3 N–H and O–H groups in total. The maximum Gasteiger partial charge on any atom is 0.411 e. The summed E-state index contributed by atoms with van der Waals surface area (Å²) < 4.78 is 11.3. The van der Waals surface area contributed by atoms with Gasteiger partial charge in [0.25, 0.3) is 5.91 Å². The van der Waals surface area contributed by atoms with Gasteiger partial charge in [-0.3, -0.25) is 10.1 Å². The van der Waals surface area contributed by atoms with Crippen molar-refractivity contribution in [2.24, 2.45) is 17.8 Å². The third-order valence-corrected chi connectivity index (χ3v) is 6.83. The van der Waals surface area contributed by atoms with Gasteiger partial charge in [-0.15, -0.1) is 0 Å². The van der Waals surface area contributed by atoms with Crippen LogP contribution in [0.2, 0.25) is 0 Å². The van der Waals surface area contributed by atoms with Gasteiger partial charge in [-0.25, -0.2) is 9.48 Å². The highest BCUT2D eigenvalue weighted by molar-refractivity contribution is 5.95. The fraction of sp³-hybridized carbons (Fsp3) is 0.591. The van der Waals surface area contributed by atoms with Gasteiger partial charge >= 0.3 is 6.09 Å². The van der Waals surface area contributed by atoms with E-state index in [0.717, 1.165) is 32.1 Å². The Morgan fingerprint density at radius 3 is 2.65 bits per heavy atom. The van der Waals surface area contributed by atoms with E-state index in [9.17, 15) is 14.7 Å². The van der Waals surface area contributed by atoms with E-state index in [0.29, 0.717) is 34.7 Å². The summed E-state index contributed by atoms with van der Waals surface area (Å²) in [7, 11) is 2.82. The SMILES string of the molecule is C=C(/C=C/n1ncc(C(=O)NC2C3CC4CC2CC(O)(C4)C3)c1COC)NC(=O)OC. The summed E-state index contributed by atoms with van der Waals surface area (Å²) in [5.74, 6) is 1.06. The third kappa shape index (κ3) is 4.38. The van der Waals surface area contributed by atoms with Crippen LogP contribution in [0.5, 0.6) is 0 Å². The summed E-state index contributed by atoms with van der Waals surface area (Å²) in [5.41, 5.74) is 0.841. The van der Waals surface area contributed by atoms with E-state index in [1.807, 2.05) is 0 Å². The summed E-state index contributed by atoms with van der Waals surface area (Å²) in [6.45, 7) is 3.93. The highest BCUT2D eigenvalue weighted by Gasteiger charge is 2.55. The van der Waals surface area contributed by atoms with E-state index in [1.54, 1.807) is 19.4 Å². The van der Waals surface area contributed by atoms with Gasteiger partial charge in [-0.05, 0) is 55.9 Å². The quantitative estimate of drug-likeness (QED) is 0.571. The summed E-state index contributed by atoms with van der Waals surface area (Å²) in [6.07, 6.45) is 8.67. The van der Waals surface area contributed by atoms with E-state index < -0.39 is 11.7 Å². The summed E-state index contributed by atoms with van der Waals surface area (Å²) in [5, 5.41) is 20.7. The first kappa shape index (κ1) is 21.6. The Balaban J connectivity index is 1.47. The van der Waals surface area contributed by atoms with Crippen molar-refractivity contribution in [3.63, 3.8) is 0 Å². The molecule has 0 saturated heterocycles. The molecule has 4 fully saturated rings. The lowest BCUT2D eigenvalue weighted by Gasteiger charge is -2.58. The van der Waals surface area contributed by atoms with Crippen LogP contribution in [0.25, 0.3) is 6.20 Å². The number of nitrogens with one attached hydrogen (secondary N) is 2. The Morgan fingerprint density at radius 2 is 2.03 bits per heavy atom. The van der Waals surface area contributed by atoms with E-state index >= 15 is 0 Å². The molecule has 4 aliphatic rings. The molecule has 1 aromatic rings. The number of hydrogen-bond donors (Lipinski definition) is 3. The average Bonchev–Trinajstić information content (AvgIpc) is 3.10. The lowest BCUT2D eigenvalue weighted by atomic mass is 9.52. The van der Waals surface area contributed by atoms with Crippen LogP contribution in [0.15, 0.2) is 24.5 Å². The topological polar surface area (TPSA) is 115 Å². The van der Waals surface area contributed by atoms with Crippen molar-refractivity contribution in [1.29, 1.82) is 0 Å². The first-order valence-corrected chi connectivity index (χ1v) is 10.6. The predicted octanol–water partition coefficient (Wildman–Crippen LogP) is 2.04. The number of carbonyl (C=O) groups excluding carboxylic acids is 2. The number of aliphatic hydroxyl groups is 1. The Kier molecular flexibility index (Phi) is 5.90. The molecule has 1 aromatic heterocycles. The molecule has 168 valence electrons. The Morgan fingerprint density at radius 1 is 1.32 bits per heavy atom. The fourth-order valence-corrected chi connectivity index (χ4v) is 5.82. The normalized spacial score (nSPS) is 31.1. The molecule has 2 atom stereocenters. The minimum absolute atomic E-state index is 0.0858. The van der Waals surface area contributed by atoms with Gasteiger partial charge in [0.1, 0.15) is 0 Å². The molecule has 2 amide bonds. The summed E-state index contributed by atoms with van der Waals surface area (Å²) >= 11 is 0. The van der Waals surface area contributed by atoms with Gasteiger partial charge in [0.15, 0.2) is 0 Å². The van der Waals surface area contributed by atoms with Crippen molar-refractivity contribution in [2.75, 3.05) is 14.2 Å². The smallest absolute Gasteiger partial charge is 0.411 e. The molecule has 9 heteroatoms. The molecule has 5 rings (SSSR count). The number of amides is 2. The van der Waals surface area contributed by atoms with Gasteiger partial charge in [-0.2, -0.15) is 5.10 Å². The molecule has 4 saturated carbocycles. The standard InChI is InChI=1S/C22H30N4O5/c1-13(24-21(28)31-3)4-5-26-18(12-30-2)17(11-23-26)20(27)25-19-15-6-14-7-16(19)10-22(29,8-14)9-15/h4-5,11,14-16,19,29H,1,6-10,12H2,2-3H3,(H,24,28)(H,25,27)/b5-4+. The Bertz CT molecular complexity index is 892. The molecule has 0 aromatic carbocycles. The van der Waals surface area contributed by atoms with Crippen LogP contribution in [-0.4, -0.2) is 52.7 Å². The zero-order valence-electron chi connectivity index (χ0n) is 18.0. The molecule has 0 aliphatic heterocycles. The number of alkyl carbamates (subject to hydrolysis) is 1. The van der Waals surface area contributed by atoms with Crippen molar-refractivity contribution in [2.45, 2.75) is 50.4 Å². The number of aromatic nitrogens is 2. The molecular weight excluding hydrogens is 400 g/mol. The molecule has 9 nitrogen and oxygen atoms in total. The van der Waals surface area contributed by atoms with Crippen molar-refractivity contribution >= 4 is 18.2 Å². The van der Waals surface area contributed by atoms with Crippen molar-refractivity contribution in [3.8, 4) is 0 Å². The number of nitrogens with zero attached hydrogens (tertiary/aromatic N) is 2. The van der Waals surface area contributed by atoms with Gasteiger partial charge in [-0.1, -0.05) is 6.58 Å². The number of hydrogen-bond acceptors (Lipinski definition) is 6. The van der Waals surface area contributed by atoms with Crippen LogP contribution in [-0.2, 0) is 16.1 Å². The van der Waals surface area contributed by atoms with Crippen LogP contribution < -0.4 is 10.6 Å². The van der Waals surface area contributed by atoms with Gasteiger partial charge in [0.05, 0.1) is 36.8 Å². The van der Waals surface area contributed by atoms with Crippen LogP contribution in [0.1, 0.15) is 48.2 Å². The van der Waals surface area contributed by atoms with Crippen LogP contribution in [0, 0.1) is 17.8 Å². The minimum Gasteiger partial charge on any atom is -0.453 e. The van der Waals surface area contributed by atoms with Gasteiger partial charge < -0.3 is 19.9 Å². The second kappa shape index (κ2) is 8.47. The highest BCUT2D eigenvalue weighted by Crippen LogP contribution is 2.55. The van der Waals surface area contributed by atoms with E-state index in [1.165, 1.54) is 18.0 Å². The summed E-state index contributed by atoms with van der Waals surface area (Å²) in [4.78, 5) is 24.4. The van der Waals surface area contributed by atoms with E-state index in [-0.39, 0.29) is 18.6 Å². The second-order valence-corrected chi connectivity index (χ2v) is 9.03. The monoisotopic (exact) mass is 430 g/mol. The molecule has 0 spiro atoms. The number of methoxy groups -OCH3 is 2. The molecule has 4 aliphatic carbocycles. The third-order valence-electron chi connectivity index (χ3n) is 6.83. The number of allylic oxidation sites excluding steroid dienone is 1. The van der Waals surface area contributed by atoms with Gasteiger partial charge in [0.2, 0.25) is 0 Å². The van der Waals surface area contributed by atoms with E-state index in [4.69, 9.17) is 4.74 Å². The zero-order chi connectivity index (χ0) is 22.2. The van der Waals surface area contributed by atoms with Crippen molar-refractivity contribution < 1.29 is 24.2 Å². The molecule has 4 bridgehead atoms. The lowest BCUT2D eigenvalue weighted by molar-refractivity contribution is -0.136. The minimum atomic E-state index is -0.618. The Labute approximate surface area is 181 Å². The molecule has 0 radical (unpaired) electrons.